The Balaban J connectivity index is 1.39. The Morgan fingerprint density at radius 1 is 0.971 bits per heavy atom. The van der Waals surface area contributed by atoms with Crippen LogP contribution in [0, 0.1) is 0 Å². The summed E-state index contributed by atoms with van der Waals surface area (Å²) in [6.45, 7) is 0.339. The van der Waals surface area contributed by atoms with Gasteiger partial charge >= 0.3 is 0 Å². The summed E-state index contributed by atoms with van der Waals surface area (Å²) in [5, 5.41) is 6.78. The molecular weight excluding hydrogens is 470 g/mol. The Hall–Kier alpha value is -2.97. The highest BCUT2D eigenvalue weighted by atomic mass is 35.5. The summed E-state index contributed by atoms with van der Waals surface area (Å²) < 4.78 is 16.1. The van der Waals surface area contributed by atoms with Crippen molar-refractivity contribution in [2.45, 2.75) is 50.2 Å². The number of rotatable bonds is 8. The van der Waals surface area contributed by atoms with Crippen LogP contribution in [0.2, 0.25) is 5.02 Å². The Labute approximate surface area is 210 Å². The number of benzene rings is 2. The number of piperidine rings is 2. The quantitative estimate of drug-likeness (QED) is 0.565. The molecule has 35 heavy (non-hydrogen) atoms. The van der Waals surface area contributed by atoms with Gasteiger partial charge in [0, 0.05) is 34.4 Å². The van der Waals surface area contributed by atoms with Gasteiger partial charge in [-0.05, 0) is 62.1 Å². The molecule has 0 spiro atoms. The number of carbonyl (C=O) groups is 2. The molecule has 2 saturated heterocycles. The average molecular weight is 502 g/mol. The zero-order valence-corrected chi connectivity index (χ0v) is 21.1. The maximum absolute atomic E-state index is 13.1. The molecule has 2 aromatic carbocycles. The number of anilines is 1. The normalized spacial score (nSPS) is 21.7. The number of ether oxygens (including phenoxy) is 3. The minimum Gasteiger partial charge on any atom is -0.493 e. The van der Waals surface area contributed by atoms with Crippen LogP contribution in [0.1, 0.15) is 42.5 Å². The van der Waals surface area contributed by atoms with Gasteiger partial charge in [0.25, 0.3) is 5.91 Å². The van der Waals surface area contributed by atoms with Gasteiger partial charge in [0.2, 0.25) is 11.7 Å². The van der Waals surface area contributed by atoms with Crippen molar-refractivity contribution in [1.29, 1.82) is 0 Å². The molecule has 9 heteroatoms. The van der Waals surface area contributed by atoms with Crippen molar-refractivity contribution in [2.75, 3.05) is 33.2 Å². The van der Waals surface area contributed by atoms with Gasteiger partial charge in [0.1, 0.15) is 0 Å². The molecule has 2 aromatic rings. The van der Waals surface area contributed by atoms with Gasteiger partial charge in [-0.3, -0.25) is 14.5 Å². The third-order valence-electron chi connectivity index (χ3n) is 6.84. The van der Waals surface area contributed by atoms with E-state index in [1.54, 1.807) is 36.4 Å². The first kappa shape index (κ1) is 25.1. The first-order chi connectivity index (χ1) is 16.9. The fourth-order valence-corrected chi connectivity index (χ4v) is 5.36. The van der Waals surface area contributed by atoms with Crippen LogP contribution in [-0.4, -0.2) is 62.7 Å². The van der Waals surface area contributed by atoms with Crippen molar-refractivity contribution >= 4 is 29.1 Å². The van der Waals surface area contributed by atoms with E-state index >= 15 is 0 Å². The third-order valence-corrected chi connectivity index (χ3v) is 7.09. The molecule has 2 aliphatic heterocycles. The largest absolute Gasteiger partial charge is 0.493 e. The van der Waals surface area contributed by atoms with Crippen molar-refractivity contribution in [3.8, 4) is 17.2 Å². The molecule has 2 aliphatic rings. The Morgan fingerprint density at radius 3 is 2.11 bits per heavy atom. The summed E-state index contributed by atoms with van der Waals surface area (Å²) >= 11 is 5.93. The second-order valence-corrected chi connectivity index (χ2v) is 9.46. The second kappa shape index (κ2) is 11.2. The van der Waals surface area contributed by atoms with Crippen LogP contribution in [0.5, 0.6) is 17.2 Å². The van der Waals surface area contributed by atoms with Crippen molar-refractivity contribution in [1.82, 2.24) is 10.2 Å². The number of nitrogens with one attached hydrogen (secondary N) is 2. The van der Waals surface area contributed by atoms with Crippen LogP contribution in [0.4, 0.5) is 5.69 Å². The number of methoxy groups -OCH3 is 3. The number of hydrogen-bond donors (Lipinski definition) is 2. The lowest BCUT2D eigenvalue weighted by atomic mass is 9.81. The molecule has 188 valence electrons. The van der Waals surface area contributed by atoms with Crippen LogP contribution in [0.25, 0.3) is 0 Å². The van der Waals surface area contributed by atoms with Crippen LogP contribution < -0.4 is 24.8 Å². The summed E-state index contributed by atoms with van der Waals surface area (Å²) in [6, 6.07) is 11.0. The minimum absolute atomic E-state index is 0.0347. The lowest BCUT2D eigenvalue weighted by Gasteiger charge is -2.48. The highest BCUT2D eigenvalue weighted by molar-refractivity contribution is 6.30. The monoisotopic (exact) mass is 501 g/mol. The van der Waals surface area contributed by atoms with Gasteiger partial charge < -0.3 is 24.8 Å². The molecule has 0 radical (unpaired) electrons. The Morgan fingerprint density at radius 2 is 1.57 bits per heavy atom. The Kier molecular flexibility index (Phi) is 8.03. The van der Waals surface area contributed by atoms with Crippen LogP contribution in [0.3, 0.4) is 0 Å². The number of hydrogen-bond acceptors (Lipinski definition) is 6. The van der Waals surface area contributed by atoms with Crippen molar-refractivity contribution in [3.63, 3.8) is 0 Å². The van der Waals surface area contributed by atoms with E-state index in [0.29, 0.717) is 34.4 Å². The predicted molar refractivity (Wildman–Crippen MR) is 135 cm³/mol. The lowest BCUT2D eigenvalue weighted by molar-refractivity contribution is -0.120. The summed E-state index contributed by atoms with van der Waals surface area (Å²) in [5.41, 5.74) is 1.19. The van der Waals surface area contributed by atoms with Crippen molar-refractivity contribution < 1.29 is 23.8 Å². The van der Waals surface area contributed by atoms with Gasteiger partial charge in [-0.25, -0.2) is 0 Å². The topological polar surface area (TPSA) is 89.1 Å². The third kappa shape index (κ3) is 5.82. The molecule has 0 aliphatic carbocycles. The average Bonchev–Trinajstić information content (AvgIpc) is 2.84. The van der Waals surface area contributed by atoms with Crippen molar-refractivity contribution in [2.24, 2.45) is 0 Å². The summed E-state index contributed by atoms with van der Waals surface area (Å²) in [4.78, 5) is 28.1. The molecule has 4 rings (SSSR count). The first-order valence-electron chi connectivity index (χ1n) is 11.8. The van der Waals surface area contributed by atoms with Crippen LogP contribution in [-0.2, 0) is 4.79 Å². The molecule has 0 saturated carbocycles. The highest BCUT2D eigenvalue weighted by Crippen LogP contribution is 2.38. The molecule has 2 amide bonds. The Bertz CT molecular complexity index is 1020. The molecule has 2 fully saturated rings. The number of nitrogens with zero attached hydrogens (tertiary/aromatic N) is 1. The van der Waals surface area contributed by atoms with Gasteiger partial charge in [-0.15, -0.1) is 0 Å². The number of carbonyl (C=O) groups excluding carboxylic acids is 2. The number of fused-ring (bicyclic) bond motifs is 2. The van der Waals surface area contributed by atoms with E-state index < -0.39 is 0 Å². The maximum atomic E-state index is 13.1. The molecule has 1 unspecified atom stereocenters. The van der Waals surface area contributed by atoms with E-state index in [1.165, 1.54) is 21.3 Å². The zero-order valence-electron chi connectivity index (χ0n) is 20.3. The van der Waals surface area contributed by atoms with Crippen molar-refractivity contribution in [3.05, 3.63) is 47.0 Å². The smallest absolute Gasteiger partial charge is 0.251 e. The van der Waals surface area contributed by atoms with Crippen LogP contribution >= 0.6 is 11.6 Å². The molecular formula is C26H32ClN3O5. The van der Waals surface area contributed by atoms with E-state index in [9.17, 15) is 9.59 Å². The number of halogens is 1. The van der Waals surface area contributed by atoms with E-state index in [0.717, 1.165) is 37.8 Å². The molecule has 2 heterocycles. The number of amides is 2. The van der Waals surface area contributed by atoms with Gasteiger partial charge in [0.05, 0.1) is 27.9 Å². The fraction of sp³-hybridized carbons (Fsp3) is 0.462. The summed E-state index contributed by atoms with van der Waals surface area (Å²) in [6.07, 6.45) is 4.78. The molecule has 3 atom stereocenters. The minimum atomic E-state index is -0.179. The molecule has 8 nitrogen and oxygen atoms in total. The van der Waals surface area contributed by atoms with E-state index in [4.69, 9.17) is 25.8 Å². The van der Waals surface area contributed by atoms with E-state index in [-0.39, 0.29) is 29.9 Å². The van der Waals surface area contributed by atoms with E-state index in [1.807, 2.05) is 0 Å². The van der Waals surface area contributed by atoms with Crippen LogP contribution in [0.15, 0.2) is 36.4 Å². The molecule has 0 aromatic heterocycles. The summed E-state index contributed by atoms with van der Waals surface area (Å²) in [7, 11) is 4.58. The molecule has 2 bridgehead atoms. The predicted octanol–water partition coefficient (Wildman–Crippen LogP) is 4.12. The second-order valence-electron chi connectivity index (χ2n) is 9.02. The zero-order chi connectivity index (χ0) is 24.9. The fourth-order valence-electron chi connectivity index (χ4n) is 5.23. The van der Waals surface area contributed by atoms with Gasteiger partial charge in [-0.2, -0.15) is 0 Å². The first-order valence-corrected chi connectivity index (χ1v) is 12.2. The molecule has 2 N–H and O–H groups in total. The van der Waals surface area contributed by atoms with Gasteiger partial charge in [0.15, 0.2) is 11.5 Å². The highest BCUT2D eigenvalue weighted by Gasteiger charge is 2.39. The maximum Gasteiger partial charge on any atom is 0.251 e. The van der Waals surface area contributed by atoms with E-state index in [2.05, 4.69) is 15.5 Å². The SMILES string of the molecule is COc1cc(C(=O)NC2C[C@H]3CCC[C@@H](C2)N3CC(=O)Nc2ccc(Cl)cc2)cc(OC)c1OC. The lowest BCUT2D eigenvalue weighted by Crippen LogP contribution is -2.58. The summed E-state index contributed by atoms with van der Waals surface area (Å²) in [5.74, 6) is 1.11. The standard InChI is InChI=1S/C26H32ClN3O5/c1-33-22-11-16(12-23(34-2)25(22)35-3)26(32)29-19-13-20-5-4-6-21(14-19)30(20)15-24(31)28-18-9-7-17(27)8-10-18/h7-12,19-21H,4-6,13-15H2,1-3H3,(H,28,31)(H,29,32)/t19?,20-,21+. The van der Waals surface area contributed by atoms with Gasteiger partial charge in [-0.1, -0.05) is 18.0 Å².